The quantitative estimate of drug-likeness (QED) is 0.861. The number of nitrogens with zero attached hydrogens (tertiary/aromatic N) is 1. The van der Waals surface area contributed by atoms with Crippen molar-refractivity contribution in [1.82, 2.24) is 9.88 Å². The molecule has 1 amide bonds. The first-order chi connectivity index (χ1) is 10.1. The van der Waals surface area contributed by atoms with Gasteiger partial charge in [-0.1, -0.05) is 13.0 Å². The average Bonchev–Trinajstić information content (AvgIpc) is 2.76. The number of hydrogen-bond donors (Lipinski definition) is 1. The molecule has 0 unspecified atom stereocenters. The monoisotopic (exact) mass is 286 g/mol. The third-order valence-electron chi connectivity index (χ3n) is 3.75. The molecule has 2 heterocycles. The van der Waals surface area contributed by atoms with E-state index < -0.39 is 0 Å². The zero-order valence-corrected chi connectivity index (χ0v) is 12.2. The lowest BCUT2D eigenvalue weighted by Gasteiger charge is -2.10. The van der Waals surface area contributed by atoms with E-state index in [9.17, 15) is 9.59 Å². The molecule has 0 aliphatic carbocycles. The molecule has 5 nitrogen and oxygen atoms in total. The van der Waals surface area contributed by atoms with Crippen molar-refractivity contribution < 1.29 is 14.3 Å². The zero-order valence-electron chi connectivity index (χ0n) is 12.2. The van der Waals surface area contributed by atoms with E-state index >= 15 is 0 Å². The number of rotatable bonds is 2. The maximum atomic E-state index is 12.1. The molecule has 0 spiro atoms. The third kappa shape index (κ3) is 2.39. The van der Waals surface area contributed by atoms with Crippen LogP contribution in [-0.2, 0) is 11.3 Å². The summed E-state index contributed by atoms with van der Waals surface area (Å²) in [5.41, 5.74) is 2.07. The van der Waals surface area contributed by atoms with Crippen molar-refractivity contribution >= 4 is 22.8 Å². The second-order valence-electron chi connectivity index (χ2n) is 5.45. The molecule has 1 aromatic heterocycles. The van der Waals surface area contributed by atoms with Crippen LogP contribution in [0.4, 0.5) is 0 Å². The summed E-state index contributed by atoms with van der Waals surface area (Å²) in [6.45, 7) is 5.65. The van der Waals surface area contributed by atoms with E-state index in [4.69, 9.17) is 4.74 Å². The van der Waals surface area contributed by atoms with E-state index in [1.54, 1.807) is 13.0 Å². The van der Waals surface area contributed by atoms with Crippen LogP contribution in [0.5, 0.6) is 0 Å². The van der Waals surface area contributed by atoms with Crippen LogP contribution in [-0.4, -0.2) is 29.6 Å². The van der Waals surface area contributed by atoms with E-state index in [-0.39, 0.29) is 11.9 Å². The summed E-state index contributed by atoms with van der Waals surface area (Å²) in [5, 5.41) is 3.88. The van der Waals surface area contributed by atoms with Crippen molar-refractivity contribution in [3.05, 3.63) is 35.5 Å². The van der Waals surface area contributed by atoms with Crippen LogP contribution in [0.1, 0.15) is 34.7 Å². The van der Waals surface area contributed by atoms with E-state index in [2.05, 4.69) is 12.2 Å². The number of carbonyl (C=O) groups excluding carboxylic acids is 2. The number of ether oxygens (including phenoxy) is 1. The Morgan fingerprint density at radius 2 is 2.24 bits per heavy atom. The highest BCUT2D eigenvalue weighted by Crippen LogP contribution is 2.24. The van der Waals surface area contributed by atoms with Gasteiger partial charge in [0.05, 0.1) is 12.2 Å². The summed E-state index contributed by atoms with van der Waals surface area (Å²) in [4.78, 5) is 24.0. The minimum Gasteiger partial charge on any atom is -0.462 e. The van der Waals surface area contributed by atoms with Gasteiger partial charge in [-0.05, 0) is 31.0 Å². The SMILES string of the molecule is CCOC(=O)c1ccc2cc3n(c2c1)C[C@H](C)CNC3=O. The Hall–Kier alpha value is -2.30. The van der Waals surface area contributed by atoms with Gasteiger partial charge >= 0.3 is 5.97 Å². The van der Waals surface area contributed by atoms with Crippen LogP contribution in [0.25, 0.3) is 10.9 Å². The highest BCUT2D eigenvalue weighted by Gasteiger charge is 2.22. The molecule has 3 rings (SSSR count). The van der Waals surface area contributed by atoms with Gasteiger partial charge in [-0.2, -0.15) is 0 Å². The number of carbonyl (C=O) groups is 2. The number of aromatic nitrogens is 1. The summed E-state index contributed by atoms with van der Waals surface area (Å²) in [5.74, 6) is -0.0497. The maximum absolute atomic E-state index is 12.1. The molecular formula is C16H18N2O3. The Morgan fingerprint density at radius 1 is 1.43 bits per heavy atom. The average molecular weight is 286 g/mol. The third-order valence-corrected chi connectivity index (χ3v) is 3.75. The molecule has 1 atom stereocenters. The van der Waals surface area contributed by atoms with Crippen LogP contribution < -0.4 is 5.32 Å². The molecule has 5 heteroatoms. The van der Waals surface area contributed by atoms with Gasteiger partial charge < -0.3 is 14.6 Å². The molecule has 2 aromatic rings. The van der Waals surface area contributed by atoms with Crippen molar-refractivity contribution in [3.8, 4) is 0 Å². The van der Waals surface area contributed by atoms with Gasteiger partial charge in [0.25, 0.3) is 5.91 Å². The Morgan fingerprint density at radius 3 is 3.00 bits per heavy atom. The zero-order chi connectivity index (χ0) is 15.0. The van der Waals surface area contributed by atoms with Gasteiger partial charge in [-0.3, -0.25) is 4.79 Å². The molecule has 0 radical (unpaired) electrons. The first-order valence-electron chi connectivity index (χ1n) is 7.18. The number of esters is 1. The van der Waals surface area contributed by atoms with E-state index in [1.807, 2.05) is 22.8 Å². The molecule has 0 bridgehead atoms. The molecule has 0 saturated heterocycles. The highest BCUT2D eigenvalue weighted by atomic mass is 16.5. The number of amides is 1. The summed E-state index contributed by atoms with van der Waals surface area (Å²) >= 11 is 0. The number of hydrogen-bond acceptors (Lipinski definition) is 3. The molecular weight excluding hydrogens is 268 g/mol. The Kier molecular flexibility index (Phi) is 3.41. The number of benzene rings is 1. The van der Waals surface area contributed by atoms with Crippen molar-refractivity contribution in [2.45, 2.75) is 20.4 Å². The molecule has 1 aromatic carbocycles. The molecule has 21 heavy (non-hydrogen) atoms. The number of nitrogens with one attached hydrogen (secondary N) is 1. The summed E-state index contributed by atoms with van der Waals surface area (Å²) in [7, 11) is 0. The maximum Gasteiger partial charge on any atom is 0.338 e. The van der Waals surface area contributed by atoms with E-state index in [0.717, 1.165) is 17.4 Å². The molecule has 1 aliphatic heterocycles. The van der Waals surface area contributed by atoms with Crippen LogP contribution in [0, 0.1) is 5.92 Å². The Labute approximate surface area is 122 Å². The van der Waals surface area contributed by atoms with Gasteiger partial charge in [0, 0.05) is 24.0 Å². The van der Waals surface area contributed by atoms with Crippen molar-refractivity contribution in [1.29, 1.82) is 0 Å². The lowest BCUT2D eigenvalue weighted by Crippen LogP contribution is -2.25. The van der Waals surface area contributed by atoms with Crippen LogP contribution >= 0.6 is 0 Å². The molecule has 0 saturated carbocycles. The smallest absolute Gasteiger partial charge is 0.338 e. The predicted octanol–water partition coefficient (Wildman–Crippen LogP) is 2.20. The van der Waals surface area contributed by atoms with Gasteiger partial charge in [0.2, 0.25) is 0 Å². The summed E-state index contributed by atoms with van der Waals surface area (Å²) in [6.07, 6.45) is 0. The van der Waals surface area contributed by atoms with Gasteiger partial charge in [-0.25, -0.2) is 4.79 Å². The van der Waals surface area contributed by atoms with Crippen molar-refractivity contribution in [2.75, 3.05) is 13.2 Å². The highest BCUT2D eigenvalue weighted by molar-refractivity contribution is 6.01. The predicted molar refractivity (Wildman–Crippen MR) is 79.4 cm³/mol. The topological polar surface area (TPSA) is 60.3 Å². The standard InChI is InChI=1S/C16H18N2O3/c1-3-21-16(20)12-5-4-11-6-14-15(19)17-8-10(2)9-18(14)13(11)7-12/h4-7,10H,3,8-9H2,1-2H3,(H,17,19)/t10-/m1/s1. The summed E-state index contributed by atoms with van der Waals surface area (Å²) in [6, 6.07) is 7.28. The van der Waals surface area contributed by atoms with E-state index in [1.165, 1.54) is 0 Å². The fraction of sp³-hybridized carbons (Fsp3) is 0.375. The van der Waals surface area contributed by atoms with Crippen LogP contribution in [0.2, 0.25) is 0 Å². The molecule has 1 aliphatic rings. The fourth-order valence-corrected chi connectivity index (χ4v) is 2.71. The Balaban J connectivity index is 2.12. The molecule has 0 fully saturated rings. The van der Waals surface area contributed by atoms with Crippen molar-refractivity contribution in [3.63, 3.8) is 0 Å². The van der Waals surface area contributed by atoms with Gasteiger partial charge in [0.15, 0.2) is 0 Å². The second-order valence-corrected chi connectivity index (χ2v) is 5.45. The van der Waals surface area contributed by atoms with Crippen molar-refractivity contribution in [2.24, 2.45) is 5.92 Å². The van der Waals surface area contributed by atoms with Crippen LogP contribution in [0.3, 0.4) is 0 Å². The minimum absolute atomic E-state index is 0.0618. The first kappa shape index (κ1) is 13.7. The largest absolute Gasteiger partial charge is 0.462 e. The minimum atomic E-state index is -0.332. The van der Waals surface area contributed by atoms with Gasteiger partial charge in [0.1, 0.15) is 5.69 Å². The molecule has 1 N–H and O–H groups in total. The molecule has 110 valence electrons. The normalized spacial score (nSPS) is 18.0. The number of fused-ring (bicyclic) bond motifs is 3. The first-order valence-corrected chi connectivity index (χ1v) is 7.18. The Bertz CT molecular complexity index is 718. The lowest BCUT2D eigenvalue weighted by molar-refractivity contribution is 0.0526. The van der Waals surface area contributed by atoms with E-state index in [0.29, 0.717) is 30.3 Å². The second kappa shape index (κ2) is 5.24. The fourth-order valence-electron chi connectivity index (χ4n) is 2.71. The van der Waals surface area contributed by atoms with Gasteiger partial charge in [-0.15, -0.1) is 0 Å². The lowest BCUT2D eigenvalue weighted by atomic mass is 10.1. The summed E-state index contributed by atoms with van der Waals surface area (Å²) < 4.78 is 7.03. The van der Waals surface area contributed by atoms with Crippen LogP contribution in [0.15, 0.2) is 24.3 Å².